The molecule has 1 heterocycles. The predicted octanol–water partition coefficient (Wildman–Crippen LogP) is 0.287. The molecule has 8 nitrogen and oxygen atoms in total. The van der Waals surface area contributed by atoms with Crippen LogP contribution in [0.3, 0.4) is 0 Å². The lowest BCUT2D eigenvalue weighted by atomic mass is 10.1. The number of carbonyl (C=O) groups is 3. The summed E-state index contributed by atoms with van der Waals surface area (Å²) in [4.78, 5) is 30.1. The molecule has 1 aliphatic heterocycles. The van der Waals surface area contributed by atoms with Gasteiger partial charge in [0.1, 0.15) is 6.04 Å². The summed E-state index contributed by atoms with van der Waals surface area (Å²) in [7, 11) is 0. The Morgan fingerprint density at radius 2 is 1.94 bits per heavy atom. The molecule has 9 heteroatoms. The fourth-order valence-corrected chi connectivity index (χ4v) is 1.15. The first-order chi connectivity index (χ1) is 6.88. The second kappa shape index (κ2) is 7.77. The van der Waals surface area contributed by atoms with Crippen LogP contribution in [0.1, 0.15) is 13.3 Å². The molecule has 2 atom stereocenters. The number of hydrogen-bond acceptors (Lipinski definition) is 5. The molecular weight excluding hydrogens is 238 g/mol. The van der Waals surface area contributed by atoms with E-state index >= 15 is 0 Å². The third-order valence-electron chi connectivity index (χ3n) is 1.61. The van der Waals surface area contributed by atoms with Crippen molar-refractivity contribution in [1.82, 2.24) is 16.8 Å². The minimum atomic E-state index is -1.83. The molecule has 0 radical (unpaired) electrons. The van der Waals surface area contributed by atoms with Gasteiger partial charge < -0.3 is 21.7 Å². The first kappa shape index (κ1) is 16.9. The van der Waals surface area contributed by atoms with Gasteiger partial charge in [-0.1, -0.05) is 6.92 Å². The maximum Gasteiger partial charge on any atom is 0.503 e. The predicted molar refractivity (Wildman–Crippen MR) is 59.2 cm³/mol. The zero-order chi connectivity index (χ0) is 12.0. The average Bonchev–Trinajstić information content (AvgIpc) is 2.43. The summed E-state index contributed by atoms with van der Waals surface area (Å²) in [5.41, 5.74) is 0. The Hall–Kier alpha value is -1.48. The van der Waals surface area contributed by atoms with E-state index < -0.39 is 18.2 Å². The summed E-state index contributed by atoms with van der Waals surface area (Å²) in [5.74, 6) is -0.281. The molecule has 2 unspecified atom stereocenters. The van der Waals surface area contributed by atoms with Crippen molar-refractivity contribution in [2.24, 2.45) is 0 Å². The molecule has 0 aromatic carbocycles. The summed E-state index contributed by atoms with van der Waals surface area (Å²) in [5, 5.41) is 18.5. The van der Waals surface area contributed by atoms with Crippen molar-refractivity contribution in [3.8, 4) is 0 Å². The van der Waals surface area contributed by atoms with Crippen molar-refractivity contribution in [2.75, 3.05) is 0 Å². The van der Waals surface area contributed by atoms with E-state index in [0.717, 1.165) is 6.42 Å². The number of thiol groups is 1. The molecule has 94 valence electrons. The standard InChI is InChI=1S/C6H10N2O2S.CH2O3.H3N/c1-2-3(11)4-5(9)8-6(10)7-4;2-1(3)4;/h3-4,11H,2H2,1H3,(H2,7,8,9,10);(H2,2,3,4);1H3. The first-order valence-electron chi connectivity index (χ1n) is 4.09. The summed E-state index contributed by atoms with van der Waals surface area (Å²) in [6.07, 6.45) is -1.08. The molecule has 0 spiro atoms. The lowest BCUT2D eigenvalue weighted by molar-refractivity contribution is -0.120. The number of hydrogen-bond donors (Lipinski definition) is 6. The van der Waals surface area contributed by atoms with Gasteiger partial charge in [-0.3, -0.25) is 10.1 Å². The number of amides is 3. The van der Waals surface area contributed by atoms with Crippen molar-refractivity contribution in [1.29, 1.82) is 0 Å². The first-order valence-corrected chi connectivity index (χ1v) is 4.61. The monoisotopic (exact) mass is 253 g/mol. The van der Waals surface area contributed by atoms with E-state index in [1.807, 2.05) is 6.92 Å². The number of urea groups is 1. The molecule has 0 aromatic rings. The Kier molecular flexibility index (Phi) is 8.22. The minimum Gasteiger partial charge on any atom is -0.450 e. The smallest absolute Gasteiger partial charge is 0.450 e. The Balaban J connectivity index is 0. The molecule has 1 saturated heterocycles. The van der Waals surface area contributed by atoms with E-state index in [1.165, 1.54) is 0 Å². The topological polar surface area (TPSA) is 151 Å². The van der Waals surface area contributed by atoms with Gasteiger partial charge >= 0.3 is 12.2 Å². The zero-order valence-corrected chi connectivity index (χ0v) is 9.53. The van der Waals surface area contributed by atoms with Crippen molar-refractivity contribution >= 4 is 30.7 Å². The van der Waals surface area contributed by atoms with Crippen LogP contribution in [0.5, 0.6) is 0 Å². The van der Waals surface area contributed by atoms with Gasteiger partial charge in [-0.2, -0.15) is 12.6 Å². The van der Waals surface area contributed by atoms with Crippen LogP contribution in [0, 0.1) is 0 Å². The summed E-state index contributed by atoms with van der Waals surface area (Å²) < 4.78 is 0. The van der Waals surface area contributed by atoms with Gasteiger partial charge in [0.25, 0.3) is 5.91 Å². The van der Waals surface area contributed by atoms with E-state index in [-0.39, 0.29) is 17.3 Å². The number of carbonyl (C=O) groups excluding carboxylic acids is 2. The van der Waals surface area contributed by atoms with Crippen LogP contribution < -0.4 is 16.8 Å². The van der Waals surface area contributed by atoms with Crippen LogP contribution in [0.25, 0.3) is 0 Å². The van der Waals surface area contributed by atoms with Crippen molar-refractivity contribution < 1.29 is 24.6 Å². The maximum atomic E-state index is 10.9. The highest BCUT2D eigenvalue weighted by molar-refractivity contribution is 7.81. The van der Waals surface area contributed by atoms with Gasteiger partial charge in [0.2, 0.25) is 0 Å². The highest BCUT2D eigenvalue weighted by Crippen LogP contribution is 2.09. The molecular formula is C7H15N3O5S. The van der Waals surface area contributed by atoms with E-state index in [1.54, 1.807) is 0 Å². The molecule has 1 rings (SSSR count). The van der Waals surface area contributed by atoms with Gasteiger partial charge in [0.15, 0.2) is 0 Å². The highest BCUT2D eigenvalue weighted by Gasteiger charge is 2.33. The number of nitrogens with one attached hydrogen (secondary N) is 2. The lowest BCUT2D eigenvalue weighted by Crippen LogP contribution is -2.37. The summed E-state index contributed by atoms with van der Waals surface area (Å²) in [6.45, 7) is 1.91. The maximum absolute atomic E-state index is 10.9. The van der Waals surface area contributed by atoms with E-state index in [0.29, 0.717) is 0 Å². The Labute approximate surface area is 97.4 Å². The SMILES string of the molecule is CCC(S)C1NC(=O)NC1=O.N.O=C(O)O. The van der Waals surface area contributed by atoms with Crippen LogP contribution in [0.4, 0.5) is 9.59 Å². The number of imide groups is 1. The van der Waals surface area contributed by atoms with Gasteiger partial charge in [-0.25, -0.2) is 9.59 Å². The minimum absolute atomic E-state index is 0. The van der Waals surface area contributed by atoms with E-state index in [4.69, 9.17) is 15.0 Å². The average molecular weight is 253 g/mol. The molecule has 0 aliphatic carbocycles. The van der Waals surface area contributed by atoms with E-state index in [9.17, 15) is 9.59 Å². The number of carboxylic acid groups (broad SMARTS) is 2. The van der Waals surface area contributed by atoms with Gasteiger partial charge in [0.05, 0.1) is 0 Å². The van der Waals surface area contributed by atoms with Crippen molar-refractivity contribution in [3.63, 3.8) is 0 Å². The third kappa shape index (κ3) is 6.09. The second-order valence-corrected chi connectivity index (χ2v) is 3.36. The molecule has 16 heavy (non-hydrogen) atoms. The third-order valence-corrected chi connectivity index (χ3v) is 2.27. The van der Waals surface area contributed by atoms with Gasteiger partial charge in [-0.15, -0.1) is 0 Å². The van der Waals surface area contributed by atoms with Crippen LogP contribution in [-0.4, -0.2) is 39.6 Å². The summed E-state index contributed by atoms with van der Waals surface area (Å²) >= 11 is 4.15. The normalized spacial score (nSPS) is 19.5. The van der Waals surface area contributed by atoms with Gasteiger partial charge in [-0.05, 0) is 6.42 Å². The quantitative estimate of drug-likeness (QED) is 0.307. The van der Waals surface area contributed by atoms with Crippen LogP contribution in [0.15, 0.2) is 0 Å². The lowest BCUT2D eigenvalue weighted by Gasteiger charge is -2.12. The molecule has 0 bridgehead atoms. The summed E-state index contributed by atoms with van der Waals surface area (Å²) in [6, 6.07) is -0.886. The fraction of sp³-hybridized carbons (Fsp3) is 0.571. The molecule has 7 N–H and O–H groups in total. The molecule has 1 fully saturated rings. The van der Waals surface area contributed by atoms with Crippen LogP contribution in [0.2, 0.25) is 0 Å². The Bertz CT molecular complexity index is 269. The Morgan fingerprint density at radius 3 is 2.19 bits per heavy atom. The molecule has 0 saturated carbocycles. The van der Waals surface area contributed by atoms with Crippen LogP contribution >= 0.6 is 12.6 Å². The van der Waals surface area contributed by atoms with Crippen molar-refractivity contribution in [3.05, 3.63) is 0 Å². The highest BCUT2D eigenvalue weighted by atomic mass is 32.1. The van der Waals surface area contributed by atoms with Crippen LogP contribution in [-0.2, 0) is 4.79 Å². The largest absolute Gasteiger partial charge is 0.503 e. The molecule has 3 amide bonds. The molecule has 1 aliphatic rings. The van der Waals surface area contributed by atoms with Gasteiger partial charge in [0, 0.05) is 5.25 Å². The second-order valence-electron chi connectivity index (χ2n) is 2.70. The zero-order valence-electron chi connectivity index (χ0n) is 8.64. The van der Waals surface area contributed by atoms with E-state index in [2.05, 4.69) is 23.3 Å². The molecule has 0 aromatic heterocycles. The Morgan fingerprint density at radius 1 is 1.50 bits per heavy atom. The number of rotatable bonds is 2. The fourth-order valence-electron chi connectivity index (χ4n) is 0.939. The van der Waals surface area contributed by atoms with Crippen molar-refractivity contribution in [2.45, 2.75) is 24.6 Å².